The first-order chi connectivity index (χ1) is 16.3. The number of carbonyl (C=O) groups excluding carboxylic acids is 1. The summed E-state index contributed by atoms with van der Waals surface area (Å²) in [6.07, 6.45) is 3.97. The highest BCUT2D eigenvalue weighted by Gasteiger charge is 2.51. The van der Waals surface area contributed by atoms with Crippen LogP contribution in [0.2, 0.25) is 0 Å². The predicted octanol–water partition coefficient (Wildman–Crippen LogP) is 4.75. The average molecular weight is 463 g/mol. The Bertz CT molecular complexity index is 1110. The minimum Gasteiger partial charge on any atom is -0.481 e. The number of hydrogen-bond donors (Lipinski definition) is 3. The van der Waals surface area contributed by atoms with Crippen LogP contribution in [0.3, 0.4) is 0 Å². The molecule has 0 heterocycles. The zero-order valence-electron chi connectivity index (χ0n) is 19.5. The van der Waals surface area contributed by atoms with Gasteiger partial charge in [-0.05, 0) is 74.3 Å². The molecule has 0 radical (unpaired) electrons. The van der Waals surface area contributed by atoms with Gasteiger partial charge in [0.2, 0.25) is 0 Å². The van der Waals surface area contributed by atoms with Crippen LogP contribution in [0.5, 0.6) is 0 Å². The Morgan fingerprint density at radius 2 is 1.68 bits per heavy atom. The lowest BCUT2D eigenvalue weighted by Crippen LogP contribution is -2.39. The molecule has 1 atom stereocenters. The van der Waals surface area contributed by atoms with Crippen molar-refractivity contribution < 1.29 is 19.4 Å². The maximum Gasteiger partial charge on any atom is 0.413 e. The van der Waals surface area contributed by atoms with Crippen LogP contribution in [0.1, 0.15) is 51.5 Å². The van der Waals surface area contributed by atoms with Crippen molar-refractivity contribution in [2.24, 2.45) is 21.9 Å². The van der Waals surface area contributed by atoms with E-state index in [4.69, 9.17) is 10.6 Å². The number of ether oxygens (including phenoxy) is 1. The third kappa shape index (κ3) is 4.95. The summed E-state index contributed by atoms with van der Waals surface area (Å²) in [6, 6.07) is 15.2. The van der Waals surface area contributed by atoms with E-state index < -0.39 is 17.5 Å². The summed E-state index contributed by atoms with van der Waals surface area (Å²) >= 11 is 0. The van der Waals surface area contributed by atoms with Crippen molar-refractivity contribution in [1.29, 1.82) is 0 Å². The molecule has 8 heteroatoms. The molecule has 4 rings (SSSR count). The van der Waals surface area contributed by atoms with E-state index in [9.17, 15) is 14.7 Å². The third-order valence-electron chi connectivity index (χ3n) is 6.90. The van der Waals surface area contributed by atoms with Crippen LogP contribution in [0.4, 0.5) is 10.5 Å². The summed E-state index contributed by atoms with van der Waals surface area (Å²) in [5.41, 5.74) is 3.08. The molecule has 2 aromatic carbocycles. The molecular formula is C26H30N4O4. The van der Waals surface area contributed by atoms with E-state index in [-0.39, 0.29) is 11.9 Å². The van der Waals surface area contributed by atoms with Crippen LogP contribution in [0.25, 0.3) is 11.1 Å². The lowest BCUT2D eigenvalue weighted by atomic mass is 9.82. The molecule has 0 spiro atoms. The first kappa shape index (κ1) is 23.5. The second-order valence-corrected chi connectivity index (χ2v) is 9.11. The largest absolute Gasteiger partial charge is 0.481 e. The number of nitrogens with two attached hydrogens (primary N) is 1. The summed E-state index contributed by atoms with van der Waals surface area (Å²) in [4.78, 5) is 28.4. The van der Waals surface area contributed by atoms with Crippen LogP contribution in [0.15, 0.2) is 58.6 Å². The van der Waals surface area contributed by atoms with Crippen molar-refractivity contribution in [2.75, 3.05) is 0 Å². The number of rotatable bonds is 7. The number of aliphatic carboxylic acids is 1. The Morgan fingerprint density at radius 1 is 1.09 bits per heavy atom. The highest BCUT2D eigenvalue weighted by Crippen LogP contribution is 2.48. The van der Waals surface area contributed by atoms with Crippen molar-refractivity contribution in [3.63, 3.8) is 0 Å². The normalized spacial score (nSPS) is 18.5. The van der Waals surface area contributed by atoms with Gasteiger partial charge in [-0.25, -0.2) is 9.79 Å². The van der Waals surface area contributed by atoms with Gasteiger partial charge in [0, 0.05) is 0 Å². The highest BCUT2D eigenvalue weighted by molar-refractivity contribution is 6.43. The summed E-state index contributed by atoms with van der Waals surface area (Å²) in [5, 5.41) is 15.8. The fourth-order valence-electron chi connectivity index (χ4n) is 4.15. The quantitative estimate of drug-likeness (QED) is 0.237. The van der Waals surface area contributed by atoms with Crippen LogP contribution in [0, 0.1) is 5.92 Å². The number of hydrogen-bond acceptors (Lipinski definition) is 6. The number of aliphatic imine (C=N–C) groups is 1. The molecule has 0 aromatic heterocycles. The number of nitrogens with one attached hydrogen (secondary N) is 1. The summed E-state index contributed by atoms with van der Waals surface area (Å²) < 4.78 is 5.48. The molecule has 2 aliphatic carbocycles. The molecule has 34 heavy (non-hydrogen) atoms. The minimum atomic E-state index is -0.760. The number of amidine groups is 1. The Kier molecular flexibility index (Phi) is 6.68. The standard InChI is InChI=1S/C26H30N4O4/c1-16(30-27)23(29-25(33)34-17(2)18-4-3-5-18)28-22-12-8-20(9-13-22)19-6-10-21(11-7-19)26(14-15-26)24(31)32/h6-13,17-18H,3-5,14-15,27H2,1-2H3,(H,31,32)(H,28,29,33)/b30-16-. The molecule has 4 N–H and O–H groups in total. The molecule has 2 aromatic rings. The first-order valence-corrected chi connectivity index (χ1v) is 11.6. The Labute approximate surface area is 198 Å². The van der Waals surface area contributed by atoms with Crippen LogP contribution in [-0.2, 0) is 14.9 Å². The lowest BCUT2D eigenvalue weighted by Gasteiger charge is -2.30. The number of carboxylic acid groups (broad SMARTS) is 1. The lowest BCUT2D eigenvalue weighted by molar-refractivity contribution is -0.140. The van der Waals surface area contributed by atoms with E-state index in [2.05, 4.69) is 15.4 Å². The zero-order chi connectivity index (χ0) is 24.3. The molecule has 2 fully saturated rings. The van der Waals surface area contributed by atoms with Crippen LogP contribution in [-0.4, -0.2) is 34.8 Å². The number of carbonyl (C=O) groups is 2. The highest BCUT2D eigenvalue weighted by atomic mass is 16.6. The van der Waals surface area contributed by atoms with E-state index in [1.54, 1.807) is 6.92 Å². The number of nitrogens with zero attached hydrogens (tertiary/aromatic N) is 2. The van der Waals surface area contributed by atoms with Gasteiger partial charge in [0.15, 0.2) is 5.84 Å². The smallest absolute Gasteiger partial charge is 0.413 e. The molecule has 2 saturated carbocycles. The fraction of sp³-hybridized carbons (Fsp3) is 0.385. The molecule has 178 valence electrons. The number of amides is 1. The average Bonchev–Trinajstić information content (AvgIpc) is 3.60. The van der Waals surface area contributed by atoms with E-state index in [0.29, 0.717) is 30.2 Å². The molecular weight excluding hydrogens is 432 g/mol. The number of benzene rings is 2. The summed E-state index contributed by atoms with van der Waals surface area (Å²) in [5.74, 6) is 5.31. The SMILES string of the molecule is C/C(=N/N)C(=Nc1ccc(-c2ccc(C3(C(=O)O)CC3)cc2)cc1)NC(=O)OC(C)C1CCC1. The van der Waals surface area contributed by atoms with Gasteiger partial charge >= 0.3 is 12.1 Å². The van der Waals surface area contributed by atoms with Gasteiger partial charge < -0.3 is 15.7 Å². The topological polar surface area (TPSA) is 126 Å². The van der Waals surface area contributed by atoms with E-state index in [1.165, 1.54) is 6.42 Å². The van der Waals surface area contributed by atoms with Crippen molar-refractivity contribution >= 4 is 29.3 Å². The number of carboxylic acids is 1. The van der Waals surface area contributed by atoms with Gasteiger partial charge in [-0.2, -0.15) is 5.10 Å². The summed E-state index contributed by atoms with van der Waals surface area (Å²) in [7, 11) is 0. The van der Waals surface area contributed by atoms with Crippen molar-refractivity contribution in [3.8, 4) is 11.1 Å². The second-order valence-electron chi connectivity index (χ2n) is 9.11. The second kappa shape index (κ2) is 9.67. The summed E-state index contributed by atoms with van der Waals surface area (Å²) in [6.45, 7) is 3.57. The van der Waals surface area contributed by atoms with E-state index in [1.807, 2.05) is 55.5 Å². The maximum atomic E-state index is 12.4. The Morgan fingerprint density at radius 3 is 2.15 bits per heavy atom. The molecule has 1 unspecified atom stereocenters. The molecule has 8 nitrogen and oxygen atoms in total. The van der Waals surface area contributed by atoms with Gasteiger partial charge in [-0.1, -0.05) is 42.8 Å². The molecule has 0 aliphatic heterocycles. The van der Waals surface area contributed by atoms with Gasteiger partial charge in [0.05, 0.1) is 16.8 Å². The van der Waals surface area contributed by atoms with E-state index >= 15 is 0 Å². The molecule has 2 aliphatic rings. The van der Waals surface area contributed by atoms with Crippen molar-refractivity contribution in [1.82, 2.24) is 5.32 Å². The maximum absolute atomic E-state index is 12.4. The fourth-order valence-corrected chi connectivity index (χ4v) is 4.15. The predicted molar refractivity (Wildman–Crippen MR) is 131 cm³/mol. The monoisotopic (exact) mass is 462 g/mol. The van der Waals surface area contributed by atoms with Crippen LogP contribution >= 0.6 is 0 Å². The molecule has 0 bridgehead atoms. The third-order valence-corrected chi connectivity index (χ3v) is 6.90. The Hall–Kier alpha value is -3.68. The first-order valence-electron chi connectivity index (χ1n) is 11.6. The Balaban J connectivity index is 1.45. The van der Waals surface area contributed by atoms with Gasteiger partial charge in [-0.15, -0.1) is 0 Å². The van der Waals surface area contributed by atoms with Crippen molar-refractivity contribution in [2.45, 2.75) is 57.5 Å². The van der Waals surface area contributed by atoms with Gasteiger partial charge in [-0.3, -0.25) is 10.1 Å². The molecule has 0 saturated heterocycles. The van der Waals surface area contributed by atoms with Crippen LogP contribution < -0.4 is 11.2 Å². The number of hydrazone groups is 1. The van der Waals surface area contributed by atoms with E-state index in [0.717, 1.165) is 29.5 Å². The van der Waals surface area contributed by atoms with Gasteiger partial charge in [0.25, 0.3) is 0 Å². The minimum absolute atomic E-state index is 0.152. The molecule has 1 amide bonds. The van der Waals surface area contributed by atoms with Crippen molar-refractivity contribution in [3.05, 3.63) is 54.1 Å². The number of alkyl carbamates (subject to hydrolysis) is 1. The zero-order valence-corrected chi connectivity index (χ0v) is 19.5. The van der Waals surface area contributed by atoms with Gasteiger partial charge in [0.1, 0.15) is 6.10 Å².